The molecular formula is C27H32FN3O6S2. The van der Waals surface area contributed by atoms with Gasteiger partial charge in [-0.3, -0.25) is 14.3 Å². The molecule has 2 saturated carbocycles. The Bertz CT molecular complexity index is 1590. The second kappa shape index (κ2) is 10.6. The first-order chi connectivity index (χ1) is 18.2. The summed E-state index contributed by atoms with van der Waals surface area (Å²) in [5, 5.41) is 2.97. The van der Waals surface area contributed by atoms with Crippen molar-refractivity contribution in [1.29, 1.82) is 0 Å². The Morgan fingerprint density at radius 3 is 2.41 bits per heavy atom. The minimum Gasteiger partial charge on any atom is -0.316 e. The Kier molecular flexibility index (Phi) is 7.87. The number of ketones is 1. The summed E-state index contributed by atoms with van der Waals surface area (Å²) in [5.41, 5.74) is 0.128. The van der Waals surface area contributed by atoms with Crippen LogP contribution >= 0.6 is 0 Å². The molecule has 2 N–H and O–H groups in total. The lowest BCUT2D eigenvalue weighted by atomic mass is 9.70. The van der Waals surface area contributed by atoms with E-state index in [9.17, 15) is 26.0 Å². The van der Waals surface area contributed by atoms with Crippen LogP contribution in [0.1, 0.15) is 38.7 Å². The van der Waals surface area contributed by atoms with Crippen LogP contribution in [0, 0.1) is 22.6 Å². The van der Waals surface area contributed by atoms with E-state index < -0.39 is 37.1 Å². The standard InChI is InChI=1S/C17H16FN3O2S.C10H16O4S/c1-19-10-13-9-17(15-6-2-3-7-16(15)18)21(12-13)24(22,23)14-5-4-8-20-11-14;1-9(2)7-3-4-10(9,8(11)5-7)6-15(12,13)14/h2-9,11-12,19H,10H2,1H3;7H,3-6H2,1-2H3,(H,12,13,14). The molecule has 0 saturated heterocycles. The van der Waals surface area contributed by atoms with Gasteiger partial charge in [0.25, 0.3) is 20.1 Å². The Labute approximate surface area is 228 Å². The molecule has 5 rings (SSSR count). The van der Waals surface area contributed by atoms with Gasteiger partial charge in [-0.05, 0) is 67.1 Å². The minimum absolute atomic E-state index is 0.0152. The van der Waals surface area contributed by atoms with E-state index in [4.69, 9.17) is 4.55 Å². The minimum atomic E-state index is -4.08. The largest absolute Gasteiger partial charge is 0.316 e. The van der Waals surface area contributed by atoms with Crippen molar-refractivity contribution in [1.82, 2.24) is 14.3 Å². The van der Waals surface area contributed by atoms with Crippen LogP contribution in [0.3, 0.4) is 0 Å². The number of carbonyl (C=O) groups excluding carboxylic acids is 1. The quantitative estimate of drug-likeness (QED) is 0.404. The number of hydrogen-bond acceptors (Lipinski definition) is 7. The highest BCUT2D eigenvalue weighted by atomic mass is 32.2. The van der Waals surface area contributed by atoms with Gasteiger partial charge in [0.2, 0.25) is 0 Å². The predicted octanol–water partition coefficient (Wildman–Crippen LogP) is 3.92. The number of benzene rings is 1. The third-order valence-electron chi connectivity index (χ3n) is 8.13. The molecule has 12 heteroatoms. The Hall–Kier alpha value is -2.93. The molecular weight excluding hydrogens is 545 g/mol. The van der Waals surface area contributed by atoms with Gasteiger partial charge in [-0.25, -0.2) is 16.8 Å². The van der Waals surface area contributed by atoms with Gasteiger partial charge in [0.1, 0.15) is 16.5 Å². The first-order valence-corrected chi connectivity index (χ1v) is 15.5. The number of Topliss-reactive ketones (excluding diaryl/α,β-unsaturated/α-hetero) is 1. The van der Waals surface area contributed by atoms with Crippen molar-refractivity contribution in [3.63, 3.8) is 0 Å². The van der Waals surface area contributed by atoms with E-state index in [2.05, 4.69) is 10.3 Å². The number of halogens is 1. The van der Waals surface area contributed by atoms with E-state index in [1.54, 1.807) is 37.4 Å². The molecule has 2 aliphatic rings. The van der Waals surface area contributed by atoms with Crippen LogP contribution in [0.15, 0.2) is 66.0 Å². The number of nitrogens with zero attached hydrogens (tertiary/aromatic N) is 2. The van der Waals surface area contributed by atoms with Crippen LogP contribution in [-0.2, 0) is 31.5 Å². The van der Waals surface area contributed by atoms with Gasteiger partial charge in [0, 0.05) is 37.1 Å². The average molecular weight is 578 g/mol. The molecule has 9 nitrogen and oxygen atoms in total. The summed E-state index contributed by atoms with van der Waals surface area (Å²) in [5.74, 6) is -0.579. The topological polar surface area (TPSA) is 135 Å². The molecule has 0 aliphatic heterocycles. The second-order valence-electron chi connectivity index (χ2n) is 10.6. The van der Waals surface area contributed by atoms with Crippen molar-refractivity contribution in [2.45, 2.75) is 44.6 Å². The average Bonchev–Trinajstić information content (AvgIpc) is 3.45. The molecule has 3 aromatic rings. The maximum Gasteiger partial charge on any atom is 0.269 e. The highest BCUT2D eigenvalue weighted by molar-refractivity contribution is 7.90. The normalized spacial score (nSPS) is 22.0. The maximum atomic E-state index is 14.2. The number of carbonyl (C=O) groups is 1. The molecule has 210 valence electrons. The van der Waals surface area contributed by atoms with Crippen molar-refractivity contribution in [3.05, 3.63) is 72.4 Å². The smallest absolute Gasteiger partial charge is 0.269 e. The van der Waals surface area contributed by atoms with E-state index in [1.165, 1.54) is 30.7 Å². The molecule has 2 unspecified atom stereocenters. The van der Waals surface area contributed by atoms with Crippen molar-refractivity contribution < 1.29 is 30.6 Å². The molecule has 39 heavy (non-hydrogen) atoms. The van der Waals surface area contributed by atoms with Gasteiger partial charge in [-0.2, -0.15) is 8.42 Å². The Balaban J connectivity index is 0.000000202. The van der Waals surface area contributed by atoms with Crippen molar-refractivity contribution >= 4 is 25.9 Å². The third kappa shape index (κ3) is 5.43. The number of fused-ring (bicyclic) bond motifs is 2. The molecule has 0 amide bonds. The molecule has 2 aliphatic carbocycles. The Morgan fingerprint density at radius 1 is 1.15 bits per heavy atom. The highest BCUT2D eigenvalue weighted by Gasteiger charge is 2.65. The fraction of sp³-hybridized carbons (Fsp3) is 0.407. The predicted molar refractivity (Wildman–Crippen MR) is 144 cm³/mol. The summed E-state index contributed by atoms with van der Waals surface area (Å²) in [6.45, 7) is 4.36. The Morgan fingerprint density at radius 2 is 1.87 bits per heavy atom. The van der Waals surface area contributed by atoms with Crippen LogP contribution in [-0.4, -0.2) is 48.9 Å². The van der Waals surface area contributed by atoms with E-state index in [0.717, 1.165) is 16.0 Å². The number of pyridine rings is 1. The lowest BCUT2D eigenvalue weighted by Gasteiger charge is -2.35. The van der Waals surface area contributed by atoms with Crippen LogP contribution < -0.4 is 5.32 Å². The van der Waals surface area contributed by atoms with Gasteiger partial charge in [-0.1, -0.05) is 26.0 Å². The molecule has 2 heterocycles. The van der Waals surface area contributed by atoms with Gasteiger partial charge in [0.15, 0.2) is 0 Å². The molecule has 2 aromatic heterocycles. The molecule has 0 radical (unpaired) electrons. The first kappa shape index (κ1) is 29.1. The highest BCUT2D eigenvalue weighted by Crippen LogP contribution is 2.64. The molecule has 0 spiro atoms. The number of aromatic nitrogens is 2. The summed E-state index contributed by atoms with van der Waals surface area (Å²) in [7, 11) is -6.19. The lowest BCUT2D eigenvalue weighted by Crippen LogP contribution is -2.42. The van der Waals surface area contributed by atoms with E-state index >= 15 is 0 Å². The van der Waals surface area contributed by atoms with E-state index in [0.29, 0.717) is 19.4 Å². The monoisotopic (exact) mass is 577 g/mol. The zero-order chi connectivity index (χ0) is 28.6. The third-order valence-corrected chi connectivity index (χ3v) is 10.6. The molecule has 2 bridgehead atoms. The van der Waals surface area contributed by atoms with E-state index in [1.807, 2.05) is 13.8 Å². The number of rotatable bonds is 7. The van der Waals surface area contributed by atoms with Crippen LogP contribution in [0.2, 0.25) is 0 Å². The maximum absolute atomic E-state index is 14.2. The van der Waals surface area contributed by atoms with Gasteiger partial charge in [-0.15, -0.1) is 0 Å². The zero-order valence-corrected chi connectivity index (χ0v) is 23.6. The fourth-order valence-corrected chi connectivity index (χ4v) is 8.55. The SMILES string of the molecule is CC1(C)C2CCC1(CS(=O)(=O)O)C(=O)C2.CNCc1cc(-c2ccccc2F)n(S(=O)(=O)c2cccnc2)c1. The van der Waals surface area contributed by atoms with E-state index in [-0.39, 0.29) is 33.3 Å². The van der Waals surface area contributed by atoms with Crippen LogP contribution in [0.5, 0.6) is 0 Å². The summed E-state index contributed by atoms with van der Waals surface area (Å²) >= 11 is 0. The van der Waals surface area contributed by atoms with Gasteiger partial charge in [0.05, 0.1) is 16.9 Å². The molecule has 2 fully saturated rings. The summed E-state index contributed by atoms with van der Waals surface area (Å²) < 4.78 is 72.2. The second-order valence-corrected chi connectivity index (χ2v) is 13.9. The van der Waals surface area contributed by atoms with Gasteiger partial charge >= 0.3 is 0 Å². The molecule has 2 atom stereocenters. The summed E-state index contributed by atoms with van der Waals surface area (Å²) in [6, 6.07) is 10.8. The van der Waals surface area contributed by atoms with Crippen molar-refractivity contribution in [3.8, 4) is 11.3 Å². The van der Waals surface area contributed by atoms with Crippen LogP contribution in [0.25, 0.3) is 11.3 Å². The summed E-state index contributed by atoms with van der Waals surface area (Å²) in [4.78, 5) is 15.8. The van der Waals surface area contributed by atoms with Gasteiger partial charge < -0.3 is 5.32 Å². The number of nitrogens with one attached hydrogen (secondary N) is 1. The molecule has 1 aromatic carbocycles. The van der Waals surface area contributed by atoms with Crippen molar-refractivity contribution in [2.24, 2.45) is 16.7 Å². The van der Waals surface area contributed by atoms with Crippen molar-refractivity contribution in [2.75, 3.05) is 12.8 Å². The first-order valence-electron chi connectivity index (χ1n) is 12.5. The fourth-order valence-electron chi connectivity index (χ4n) is 5.89. The van der Waals surface area contributed by atoms with Crippen LogP contribution in [0.4, 0.5) is 4.39 Å². The lowest BCUT2D eigenvalue weighted by molar-refractivity contribution is -0.128. The zero-order valence-electron chi connectivity index (χ0n) is 22.0. The number of hydrogen-bond donors (Lipinski definition) is 2. The summed E-state index contributed by atoms with van der Waals surface area (Å²) in [6.07, 6.45) is 6.25.